The van der Waals surface area contributed by atoms with E-state index in [1.807, 2.05) is 30.3 Å². The van der Waals surface area contributed by atoms with Crippen molar-refractivity contribution in [3.8, 4) is 0 Å². The first-order valence-electron chi connectivity index (χ1n) is 7.55. The van der Waals surface area contributed by atoms with E-state index in [-0.39, 0.29) is 6.61 Å². The number of aliphatic hydroxyl groups is 2. The van der Waals surface area contributed by atoms with Gasteiger partial charge in [0.2, 0.25) is 0 Å². The van der Waals surface area contributed by atoms with Crippen molar-refractivity contribution in [1.29, 1.82) is 0 Å². The number of carboxylic acid groups (broad SMARTS) is 1. The minimum Gasteiger partial charge on any atom is -0.481 e. The predicted molar refractivity (Wildman–Crippen MR) is 78.3 cm³/mol. The second kappa shape index (κ2) is 6.17. The third-order valence-corrected chi connectivity index (χ3v) is 4.86. The summed E-state index contributed by atoms with van der Waals surface area (Å²) in [6, 6.07) is 8.38. The third-order valence-electron chi connectivity index (χ3n) is 4.86. The fourth-order valence-corrected chi connectivity index (χ4v) is 3.78. The summed E-state index contributed by atoms with van der Waals surface area (Å²) in [6.07, 6.45) is -2.42. The molecule has 2 fully saturated rings. The number of carbonyl (C=O) groups is 2. The van der Waals surface area contributed by atoms with E-state index >= 15 is 0 Å². The molecule has 124 valence electrons. The molecule has 3 rings (SSSR count). The first-order valence-corrected chi connectivity index (χ1v) is 7.55. The lowest BCUT2D eigenvalue weighted by Crippen LogP contribution is -2.54. The molecule has 0 spiro atoms. The number of fused-ring (bicyclic) bond motifs is 2. The molecular weight excluding hydrogens is 302 g/mol. The number of hydrogen-bond donors (Lipinski definition) is 4. The molecule has 0 aliphatic heterocycles. The maximum atomic E-state index is 11.9. The Labute approximate surface area is 132 Å². The molecule has 0 aromatic heterocycles. The van der Waals surface area contributed by atoms with E-state index in [4.69, 9.17) is 4.74 Å². The highest BCUT2D eigenvalue weighted by molar-refractivity contribution is 5.75. The summed E-state index contributed by atoms with van der Waals surface area (Å²) in [6.45, 7) is 0.0798. The summed E-state index contributed by atoms with van der Waals surface area (Å²) in [5.41, 5.74) is 0.820. The molecule has 0 radical (unpaired) electrons. The zero-order valence-electron chi connectivity index (χ0n) is 12.3. The Morgan fingerprint density at radius 1 is 1.13 bits per heavy atom. The van der Waals surface area contributed by atoms with Crippen molar-refractivity contribution in [3.63, 3.8) is 0 Å². The van der Waals surface area contributed by atoms with Gasteiger partial charge in [-0.2, -0.15) is 0 Å². The Kier molecular flexibility index (Phi) is 4.23. The van der Waals surface area contributed by atoms with E-state index in [0.29, 0.717) is 6.42 Å². The first kappa shape index (κ1) is 15.8. The monoisotopic (exact) mass is 321 g/mol. The van der Waals surface area contributed by atoms with Crippen LogP contribution in [0.3, 0.4) is 0 Å². The molecule has 7 heteroatoms. The normalized spacial score (nSPS) is 35.0. The number of ether oxygens (including phenoxy) is 1. The molecule has 4 N–H and O–H groups in total. The van der Waals surface area contributed by atoms with E-state index < -0.39 is 48.1 Å². The van der Waals surface area contributed by atoms with Crippen LogP contribution in [0.5, 0.6) is 0 Å². The number of carboxylic acids is 1. The number of aliphatic carboxylic acids is 1. The van der Waals surface area contributed by atoms with Crippen molar-refractivity contribution >= 4 is 12.1 Å². The number of hydrogen-bond acceptors (Lipinski definition) is 5. The highest BCUT2D eigenvalue weighted by Crippen LogP contribution is 2.48. The quantitative estimate of drug-likeness (QED) is 0.636. The van der Waals surface area contributed by atoms with Gasteiger partial charge in [0.1, 0.15) is 6.61 Å². The molecular formula is C16H19NO6. The van der Waals surface area contributed by atoms with Crippen molar-refractivity contribution in [2.24, 2.45) is 17.8 Å². The molecule has 2 aliphatic rings. The van der Waals surface area contributed by atoms with Gasteiger partial charge < -0.3 is 25.4 Å². The predicted octanol–water partition coefficient (Wildman–Crippen LogP) is 0.354. The summed E-state index contributed by atoms with van der Waals surface area (Å²) < 4.78 is 5.10. The molecule has 0 saturated heterocycles. The van der Waals surface area contributed by atoms with Crippen LogP contribution < -0.4 is 5.32 Å². The van der Waals surface area contributed by atoms with Crippen LogP contribution in [-0.4, -0.2) is 45.6 Å². The lowest BCUT2D eigenvalue weighted by atomic mass is 9.81. The van der Waals surface area contributed by atoms with Gasteiger partial charge in [-0.1, -0.05) is 30.3 Å². The van der Waals surface area contributed by atoms with E-state index in [1.165, 1.54) is 0 Å². The van der Waals surface area contributed by atoms with Crippen molar-refractivity contribution in [3.05, 3.63) is 35.9 Å². The molecule has 2 bridgehead atoms. The van der Waals surface area contributed by atoms with E-state index in [1.54, 1.807) is 0 Å². The largest absolute Gasteiger partial charge is 0.481 e. The van der Waals surface area contributed by atoms with Gasteiger partial charge in [-0.25, -0.2) is 4.79 Å². The Morgan fingerprint density at radius 2 is 1.78 bits per heavy atom. The maximum Gasteiger partial charge on any atom is 0.407 e. The van der Waals surface area contributed by atoms with Crippen molar-refractivity contribution in [2.75, 3.05) is 0 Å². The van der Waals surface area contributed by atoms with Gasteiger partial charge in [0.25, 0.3) is 0 Å². The van der Waals surface area contributed by atoms with E-state index in [2.05, 4.69) is 5.32 Å². The van der Waals surface area contributed by atoms with Crippen LogP contribution in [0.2, 0.25) is 0 Å². The van der Waals surface area contributed by atoms with Gasteiger partial charge in [-0.3, -0.25) is 4.79 Å². The van der Waals surface area contributed by atoms with Crippen molar-refractivity contribution in [2.45, 2.75) is 31.3 Å². The van der Waals surface area contributed by atoms with Crippen LogP contribution >= 0.6 is 0 Å². The van der Waals surface area contributed by atoms with Gasteiger partial charge in [0.05, 0.1) is 24.2 Å². The zero-order valence-corrected chi connectivity index (χ0v) is 12.3. The van der Waals surface area contributed by atoms with Crippen LogP contribution in [0.1, 0.15) is 12.0 Å². The Bertz CT molecular complexity index is 591. The fourth-order valence-electron chi connectivity index (χ4n) is 3.78. The number of benzene rings is 1. The van der Waals surface area contributed by atoms with Crippen LogP contribution in [-0.2, 0) is 16.1 Å². The van der Waals surface area contributed by atoms with E-state index in [0.717, 1.165) is 5.56 Å². The lowest BCUT2D eigenvalue weighted by molar-refractivity contribution is -0.149. The summed E-state index contributed by atoms with van der Waals surface area (Å²) in [5.74, 6) is -3.02. The molecule has 7 nitrogen and oxygen atoms in total. The Morgan fingerprint density at radius 3 is 2.43 bits per heavy atom. The average molecular weight is 321 g/mol. The number of carbonyl (C=O) groups excluding carboxylic acids is 1. The number of amides is 1. The maximum absolute atomic E-state index is 11.9. The first-order chi connectivity index (χ1) is 11.0. The molecule has 2 aliphatic carbocycles. The second-order valence-electron chi connectivity index (χ2n) is 6.14. The Hall–Kier alpha value is -2.12. The summed E-state index contributed by atoms with van der Waals surface area (Å²) in [4.78, 5) is 23.4. The minimum absolute atomic E-state index is 0.0798. The van der Waals surface area contributed by atoms with Gasteiger partial charge >= 0.3 is 12.1 Å². The van der Waals surface area contributed by atoms with Crippen LogP contribution in [0.25, 0.3) is 0 Å². The molecule has 23 heavy (non-hydrogen) atoms. The number of nitrogens with one attached hydrogen (secondary N) is 1. The fraction of sp³-hybridized carbons (Fsp3) is 0.500. The van der Waals surface area contributed by atoms with Crippen molar-refractivity contribution in [1.82, 2.24) is 5.32 Å². The lowest BCUT2D eigenvalue weighted by Gasteiger charge is -2.34. The highest BCUT2D eigenvalue weighted by atomic mass is 16.5. The third kappa shape index (κ3) is 2.89. The molecule has 6 atom stereocenters. The molecule has 1 amide bonds. The van der Waals surface area contributed by atoms with Crippen LogP contribution in [0.15, 0.2) is 30.3 Å². The molecule has 2 saturated carbocycles. The summed E-state index contributed by atoms with van der Waals surface area (Å²) in [5, 5.41) is 31.7. The Balaban J connectivity index is 1.62. The standard InChI is InChI=1S/C16H19NO6/c18-13-9-6-10(14(13)19)12(11(9)15(20)21)17-16(22)23-7-8-4-2-1-3-5-8/h1-5,9-14,18-19H,6-7H2,(H,17,22)(H,20,21)/t9-,10+,11+,12-,13-,14+/m1/s1. The highest BCUT2D eigenvalue weighted by Gasteiger charge is 2.60. The number of rotatable bonds is 4. The summed E-state index contributed by atoms with van der Waals surface area (Å²) in [7, 11) is 0. The van der Waals surface area contributed by atoms with Crippen LogP contribution in [0, 0.1) is 17.8 Å². The molecule has 0 heterocycles. The molecule has 1 aromatic rings. The van der Waals surface area contributed by atoms with Gasteiger partial charge in [-0.15, -0.1) is 0 Å². The molecule has 1 aromatic carbocycles. The van der Waals surface area contributed by atoms with E-state index in [9.17, 15) is 24.9 Å². The van der Waals surface area contributed by atoms with Crippen LogP contribution in [0.4, 0.5) is 4.79 Å². The zero-order chi connectivity index (χ0) is 16.6. The topological polar surface area (TPSA) is 116 Å². The molecule has 0 unspecified atom stereocenters. The number of aliphatic hydroxyl groups excluding tert-OH is 2. The van der Waals surface area contributed by atoms with Gasteiger partial charge in [-0.05, 0) is 12.0 Å². The smallest absolute Gasteiger partial charge is 0.407 e. The van der Waals surface area contributed by atoms with Crippen molar-refractivity contribution < 1.29 is 29.6 Å². The van der Waals surface area contributed by atoms with Gasteiger partial charge in [0, 0.05) is 11.8 Å². The minimum atomic E-state index is -1.09. The second-order valence-corrected chi connectivity index (χ2v) is 6.14. The van der Waals surface area contributed by atoms with Gasteiger partial charge in [0.15, 0.2) is 0 Å². The SMILES string of the molecule is O=C(N[C@@H]1[C@@H]2C[C@@H]([C@@H](O)[C@H]2O)[C@@H]1C(=O)O)OCc1ccccc1. The summed E-state index contributed by atoms with van der Waals surface area (Å²) >= 11 is 0. The average Bonchev–Trinajstić information content (AvgIpc) is 3.03. The number of alkyl carbamates (subject to hydrolysis) is 1.